The van der Waals surface area contributed by atoms with E-state index < -0.39 is 5.60 Å². The van der Waals surface area contributed by atoms with Crippen LogP contribution in [0.5, 0.6) is 0 Å². The number of likely N-dealkylation sites (tertiary alicyclic amines) is 1. The van der Waals surface area contributed by atoms with Gasteiger partial charge in [-0.25, -0.2) is 4.79 Å². The molecule has 1 saturated heterocycles. The van der Waals surface area contributed by atoms with E-state index >= 15 is 0 Å². The summed E-state index contributed by atoms with van der Waals surface area (Å²) in [6.07, 6.45) is 5.72. The summed E-state index contributed by atoms with van der Waals surface area (Å²) in [5, 5.41) is 2.93. The van der Waals surface area contributed by atoms with Gasteiger partial charge in [0.15, 0.2) is 0 Å². The Hall–Kier alpha value is -2.38. The van der Waals surface area contributed by atoms with Gasteiger partial charge in [-0.1, -0.05) is 6.42 Å². The highest BCUT2D eigenvalue weighted by molar-refractivity contribution is 6.12. The first-order valence-electron chi connectivity index (χ1n) is 9.94. The van der Waals surface area contributed by atoms with Gasteiger partial charge in [0.2, 0.25) is 5.91 Å². The fourth-order valence-electron chi connectivity index (χ4n) is 3.22. The maximum absolute atomic E-state index is 12.1. The van der Waals surface area contributed by atoms with Crippen molar-refractivity contribution in [2.45, 2.75) is 58.5 Å². The average molecular weight is 393 g/mol. The van der Waals surface area contributed by atoms with Gasteiger partial charge in [0, 0.05) is 44.8 Å². The molecular weight excluding hydrogens is 362 g/mol. The van der Waals surface area contributed by atoms with E-state index in [1.807, 2.05) is 20.8 Å². The lowest BCUT2D eigenvalue weighted by atomic mass is 10.1. The second-order valence-electron chi connectivity index (χ2n) is 8.36. The second-order valence-corrected chi connectivity index (χ2v) is 8.36. The number of nitrogens with zero attached hydrogens (tertiary/aromatic N) is 2. The third-order valence-corrected chi connectivity index (χ3v) is 4.71. The lowest BCUT2D eigenvalue weighted by Crippen LogP contribution is -2.36. The van der Waals surface area contributed by atoms with Gasteiger partial charge in [0.25, 0.3) is 11.8 Å². The predicted octanol–water partition coefficient (Wildman–Crippen LogP) is 1.84. The van der Waals surface area contributed by atoms with Gasteiger partial charge in [-0.2, -0.15) is 0 Å². The molecule has 1 N–H and O–H groups in total. The molecule has 0 aromatic heterocycles. The molecule has 1 atom stereocenters. The maximum Gasteiger partial charge on any atom is 0.410 e. The number of amides is 4. The van der Waals surface area contributed by atoms with Crippen LogP contribution in [0.25, 0.3) is 0 Å². The summed E-state index contributed by atoms with van der Waals surface area (Å²) in [6, 6.07) is 0. The number of rotatable bonds is 8. The quantitative estimate of drug-likeness (QED) is 0.501. The molecule has 156 valence electrons. The molecule has 28 heavy (non-hydrogen) atoms. The van der Waals surface area contributed by atoms with E-state index in [9.17, 15) is 19.2 Å². The van der Waals surface area contributed by atoms with Gasteiger partial charge in [-0.15, -0.1) is 0 Å². The molecule has 0 unspecified atom stereocenters. The summed E-state index contributed by atoms with van der Waals surface area (Å²) >= 11 is 0. The summed E-state index contributed by atoms with van der Waals surface area (Å²) in [4.78, 5) is 49.8. The van der Waals surface area contributed by atoms with Crippen molar-refractivity contribution in [2.24, 2.45) is 5.92 Å². The Morgan fingerprint density at radius 2 is 1.82 bits per heavy atom. The molecule has 0 aromatic rings. The summed E-state index contributed by atoms with van der Waals surface area (Å²) in [5.74, 6) is -0.290. The van der Waals surface area contributed by atoms with Crippen LogP contribution in [0.4, 0.5) is 4.79 Å². The van der Waals surface area contributed by atoms with Crippen LogP contribution in [-0.2, 0) is 19.1 Å². The molecule has 0 aliphatic carbocycles. The van der Waals surface area contributed by atoms with Gasteiger partial charge in [0.05, 0.1) is 0 Å². The number of hydrogen-bond donors (Lipinski definition) is 1. The van der Waals surface area contributed by atoms with Gasteiger partial charge < -0.3 is 15.0 Å². The molecule has 8 heteroatoms. The molecule has 2 rings (SSSR count). The number of carbonyl (C=O) groups excluding carboxylic acids is 4. The molecule has 2 heterocycles. The summed E-state index contributed by atoms with van der Waals surface area (Å²) in [6.45, 7) is 7.73. The van der Waals surface area contributed by atoms with E-state index in [0.29, 0.717) is 45.4 Å². The number of ether oxygens (including phenoxy) is 1. The minimum absolute atomic E-state index is 0.00860. The molecule has 0 spiro atoms. The van der Waals surface area contributed by atoms with Crippen LogP contribution >= 0.6 is 0 Å². The lowest BCUT2D eigenvalue weighted by Gasteiger charge is -2.24. The van der Waals surface area contributed by atoms with E-state index in [1.165, 1.54) is 17.1 Å². The molecule has 8 nitrogen and oxygen atoms in total. The third-order valence-electron chi connectivity index (χ3n) is 4.71. The fraction of sp³-hybridized carbons (Fsp3) is 0.700. The normalized spacial score (nSPS) is 19.5. The minimum Gasteiger partial charge on any atom is -0.444 e. The van der Waals surface area contributed by atoms with Crippen LogP contribution < -0.4 is 5.32 Å². The summed E-state index contributed by atoms with van der Waals surface area (Å²) in [5.41, 5.74) is -0.505. The third kappa shape index (κ3) is 6.98. The predicted molar refractivity (Wildman–Crippen MR) is 103 cm³/mol. The van der Waals surface area contributed by atoms with E-state index in [1.54, 1.807) is 4.90 Å². The van der Waals surface area contributed by atoms with E-state index in [4.69, 9.17) is 4.74 Å². The number of hydrogen-bond acceptors (Lipinski definition) is 5. The standard InChI is InChI=1S/C20H31N3O5/c1-20(2,3)28-19(27)22-12-10-15(14-22)13-21-16(24)7-5-4-6-11-23-17(25)8-9-18(23)26/h8-9,15H,4-7,10-14H2,1-3H3,(H,21,24)/t15-/m1/s1. The Morgan fingerprint density at radius 1 is 1.14 bits per heavy atom. The topological polar surface area (TPSA) is 96.0 Å². The zero-order valence-electron chi connectivity index (χ0n) is 17.0. The Labute approximate surface area is 166 Å². The highest BCUT2D eigenvalue weighted by atomic mass is 16.6. The van der Waals surface area contributed by atoms with Crippen molar-refractivity contribution in [1.29, 1.82) is 0 Å². The number of unbranched alkanes of at least 4 members (excludes halogenated alkanes) is 2. The number of nitrogens with one attached hydrogen (secondary N) is 1. The molecule has 4 amide bonds. The van der Waals surface area contributed by atoms with Crippen LogP contribution in [0.1, 0.15) is 52.9 Å². The van der Waals surface area contributed by atoms with Crippen molar-refractivity contribution < 1.29 is 23.9 Å². The van der Waals surface area contributed by atoms with Crippen LogP contribution in [0.15, 0.2) is 12.2 Å². The molecular formula is C20H31N3O5. The van der Waals surface area contributed by atoms with Gasteiger partial charge in [-0.05, 0) is 46.0 Å². The zero-order chi connectivity index (χ0) is 20.7. The largest absolute Gasteiger partial charge is 0.444 e. The van der Waals surface area contributed by atoms with Crippen molar-refractivity contribution in [3.05, 3.63) is 12.2 Å². The second kappa shape index (κ2) is 9.71. The zero-order valence-corrected chi connectivity index (χ0v) is 17.0. The van der Waals surface area contributed by atoms with Crippen molar-refractivity contribution >= 4 is 23.8 Å². The van der Waals surface area contributed by atoms with Crippen LogP contribution in [-0.4, -0.2) is 65.4 Å². The van der Waals surface area contributed by atoms with Crippen LogP contribution in [0, 0.1) is 5.92 Å². The summed E-state index contributed by atoms with van der Waals surface area (Å²) in [7, 11) is 0. The van der Waals surface area contributed by atoms with Gasteiger partial charge in [-0.3, -0.25) is 19.3 Å². The SMILES string of the molecule is CC(C)(C)OC(=O)N1CC[C@H](CNC(=O)CCCCCN2C(=O)C=CC2=O)C1. The van der Waals surface area contributed by atoms with Crippen LogP contribution in [0.2, 0.25) is 0 Å². The lowest BCUT2D eigenvalue weighted by molar-refractivity contribution is -0.137. The van der Waals surface area contributed by atoms with Gasteiger partial charge in [0.1, 0.15) is 5.60 Å². The molecule has 0 saturated carbocycles. The van der Waals surface area contributed by atoms with Crippen molar-refractivity contribution in [3.63, 3.8) is 0 Å². The average Bonchev–Trinajstić information content (AvgIpc) is 3.19. The molecule has 0 radical (unpaired) electrons. The van der Waals surface area contributed by atoms with Gasteiger partial charge >= 0.3 is 6.09 Å². The Kier molecular flexibility index (Phi) is 7.60. The Morgan fingerprint density at radius 3 is 2.46 bits per heavy atom. The monoisotopic (exact) mass is 393 g/mol. The van der Waals surface area contributed by atoms with E-state index in [-0.39, 0.29) is 29.7 Å². The summed E-state index contributed by atoms with van der Waals surface area (Å²) < 4.78 is 5.37. The minimum atomic E-state index is -0.505. The van der Waals surface area contributed by atoms with Crippen molar-refractivity contribution in [2.75, 3.05) is 26.2 Å². The highest BCUT2D eigenvalue weighted by Crippen LogP contribution is 2.19. The van der Waals surface area contributed by atoms with Crippen molar-refractivity contribution in [1.82, 2.24) is 15.1 Å². The number of imide groups is 1. The molecule has 1 fully saturated rings. The fourth-order valence-corrected chi connectivity index (χ4v) is 3.22. The number of carbonyl (C=O) groups is 4. The first kappa shape index (κ1) is 21.9. The first-order valence-corrected chi connectivity index (χ1v) is 9.94. The van der Waals surface area contributed by atoms with Crippen molar-refractivity contribution in [3.8, 4) is 0 Å². The Balaban J connectivity index is 1.54. The van der Waals surface area contributed by atoms with Crippen LogP contribution in [0.3, 0.4) is 0 Å². The van der Waals surface area contributed by atoms with E-state index in [2.05, 4.69) is 5.32 Å². The molecule has 2 aliphatic heterocycles. The molecule has 2 aliphatic rings. The van der Waals surface area contributed by atoms with E-state index in [0.717, 1.165) is 12.8 Å². The Bertz CT molecular complexity index is 620. The molecule has 0 aromatic carbocycles. The smallest absolute Gasteiger partial charge is 0.410 e. The molecule has 0 bridgehead atoms. The maximum atomic E-state index is 12.1. The first-order chi connectivity index (χ1) is 13.2. The highest BCUT2D eigenvalue weighted by Gasteiger charge is 2.29.